The normalized spacial score (nSPS) is 17.4. The van der Waals surface area contributed by atoms with Crippen LogP contribution in [0.2, 0.25) is 0 Å². The van der Waals surface area contributed by atoms with Gasteiger partial charge in [-0.25, -0.2) is 0 Å². The first-order valence-corrected chi connectivity index (χ1v) is 7.53. The Kier molecular flexibility index (Phi) is 3.23. The van der Waals surface area contributed by atoms with Gasteiger partial charge in [0.15, 0.2) is 0 Å². The molecule has 0 saturated heterocycles. The maximum Gasteiger partial charge on any atom is 0.0648 e. The van der Waals surface area contributed by atoms with Crippen LogP contribution in [-0.2, 0) is 0 Å². The molecule has 1 saturated carbocycles. The van der Waals surface area contributed by atoms with Gasteiger partial charge < -0.3 is 5.73 Å². The Morgan fingerprint density at radius 1 is 1.28 bits per heavy atom. The van der Waals surface area contributed by atoms with E-state index >= 15 is 0 Å². The summed E-state index contributed by atoms with van der Waals surface area (Å²) in [5, 5.41) is 2.13. The molecule has 2 aromatic rings. The first-order valence-electron chi connectivity index (χ1n) is 6.65. The summed E-state index contributed by atoms with van der Waals surface area (Å²) in [5.41, 5.74) is 10.4. The minimum Gasteiger partial charge on any atom is -0.320 e. The van der Waals surface area contributed by atoms with Crippen molar-refractivity contribution in [3.05, 3.63) is 57.3 Å². The fraction of sp³-hybridized carbons (Fsp3) is 0.375. The van der Waals surface area contributed by atoms with Gasteiger partial charge in [0.2, 0.25) is 0 Å². The number of hydrogen-bond acceptors (Lipinski definition) is 2. The molecular weight excluding hydrogens is 238 g/mol. The van der Waals surface area contributed by atoms with E-state index in [-0.39, 0.29) is 6.04 Å². The Bertz CT molecular complexity index is 540. The summed E-state index contributed by atoms with van der Waals surface area (Å²) in [4.78, 5) is 1.29. The van der Waals surface area contributed by atoms with Crippen LogP contribution < -0.4 is 5.73 Å². The molecule has 3 rings (SSSR count). The van der Waals surface area contributed by atoms with Crippen molar-refractivity contribution in [3.63, 3.8) is 0 Å². The predicted octanol–water partition coefficient (Wildman–Crippen LogP) is 4.37. The topological polar surface area (TPSA) is 26.0 Å². The zero-order valence-electron chi connectivity index (χ0n) is 10.7. The largest absolute Gasteiger partial charge is 0.320 e. The maximum atomic E-state index is 6.40. The Hall–Kier alpha value is -1.12. The monoisotopic (exact) mass is 257 g/mol. The van der Waals surface area contributed by atoms with Gasteiger partial charge in [0.25, 0.3) is 0 Å². The molecule has 0 radical (unpaired) electrons. The molecule has 1 heterocycles. The van der Waals surface area contributed by atoms with Gasteiger partial charge in [0.1, 0.15) is 0 Å². The second kappa shape index (κ2) is 4.87. The lowest BCUT2D eigenvalue weighted by molar-refractivity contribution is 0.419. The van der Waals surface area contributed by atoms with E-state index in [1.165, 1.54) is 40.8 Å². The smallest absolute Gasteiger partial charge is 0.0648 e. The van der Waals surface area contributed by atoms with E-state index in [0.717, 1.165) is 5.92 Å². The van der Waals surface area contributed by atoms with Gasteiger partial charge in [-0.2, -0.15) is 0 Å². The SMILES string of the molecule is Cc1ccsc1C(N)c1cccc(C2CCC2)c1. The molecule has 1 aliphatic rings. The molecule has 1 unspecified atom stereocenters. The van der Waals surface area contributed by atoms with E-state index in [1.807, 2.05) is 0 Å². The molecular formula is C16H19NS. The van der Waals surface area contributed by atoms with Crippen molar-refractivity contribution >= 4 is 11.3 Å². The standard InChI is InChI=1S/C16H19NS/c1-11-8-9-18-16(11)15(17)14-7-3-6-13(10-14)12-4-2-5-12/h3,6-10,12,15H,2,4-5,17H2,1H3. The Morgan fingerprint density at radius 2 is 2.11 bits per heavy atom. The fourth-order valence-electron chi connectivity index (χ4n) is 2.60. The molecule has 0 aliphatic heterocycles. The number of nitrogens with two attached hydrogens (primary N) is 1. The van der Waals surface area contributed by atoms with Crippen molar-refractivity contribution < 1.29 is 0 Å². The highest BCUT2D eigenvalue weighted by atomic mass is 32.1. The van der Waals surface area contributed by atoms with Gasteiger partial charge in [-0.05, 0) is 53.8 Å². The molecule has 0 spiro atoms. The van der Waals surface area contributed by atoms with Crippen molar-refractivity contribution in [2.24, 2.45) is 5.73 Å². The quantitative estimate of drug-likeness (QED) is 0.868. The lowest BCUT2D eigenvalue weighted by atomic mass is 9.79. The van der Waals surface area contributed by atoms with Crippen LogP contribution in [0, 0.1) is 6.92 Å². The van der Waals surface area contributed by atoms with Crippen LogP contribution in [0.1, 0.15) is 52.8 Å². The second-order valence-corrected chi connectivity index (χ2v) is 6.19. The third-order valence-corrected chi connectivity index (χ3v) is 5.13. The van der Waals surface area contributed by atoms with Crippen LogP contribution >= 0.6 is 11.3 Å². The van der Waals surface area contributed by atoms with Crippen molar-refractivity contribution in [1.29, 1.82) is 0 Å². The molecule has 1 fully saturated rings. The fourth-order valence-corrected chi connectivity index (χ4v) is 3.56. The predicted molar refractivity (Wildman–Crippen MR) is 78.1 cm³/mol. The van der Waals surface area contributed by atoms with Crippen LogP contribution in [0.25, 0.3) is 0 Å². The number of rotatable bonds is 3. The summed E-state index contributed by atoms with van der Waals surface area (Å²) in [7, 11) is 0. The molecule has 94 valence electrons. The zero-order valence-corrected chi connectivity index (χ0v) is 11.5. The van der Waals surface area contributed by atoms with Gasteiger partial charge in [0.05, 0.1) is 6.04 Å². The molecule has 1 atom stereocenters. The van der Waals surface area contributed by atoms with Gasteiger partial charge >= 0.3 is 0 Å². The molecule has 2 N–H and O–H groups in total. The highest BCUT2D eigenvalue weighted by Crippen LogP contribution is 2.37. The first-order chi connectivity index (χ1) is 8.75. The van der Waals surface area contributed by atoms with Crippen LogP contribution in [0.5, 0.6) is 0 Å². The van der Waals surface area contributed by atoms with Crippen LogP contribution in [0.15, 0.2) is 35.7 Å². The second-order valence-electron chi connectivity index (χ2n) is 5.24. The lowest BCUT2D eigenvalue weighted by Gasteiger charge is -2.26. The van der Waals surface area contributed by atoms with E-state index in [4.69, 9.17) is 5.73 Å². The average Bonchev–Trinajstić information content (AvgIpc) is 2.73. The molecule has 1 aromatic carbocycles. The number of thiophene rings is 1. The molecule has 2 heteroatoms. The summed E-state index contributed by atoms with van der Waals surface area (Å²) in [6.45, 7) is 2.14. The number of aryl methyl sites for hydroxylation is 1. The third-order valence-electron chi connectivity index (χ3n) is 4.03. The number of benzene rings is 1. The Morgan fingerprint density at radius 3 is 2.72 bits per heavy atom. The Balaban J connectivity index is 1.89. The minimum atomic E-state index is 0.0324. The maximum absolute atomic E-state index is 6.40. The minimum absolute atomic E-state index is 0.0324. The Labute approximate surface area is 113 Å². The van der Waals surface area contributed by atoms with Crippen LogP contribution in [0.3, 0.4) is 0 Å². The highest BCUT2D eigenvalue weighted by Gasteiger charge is 2.20. The van der Waals surface area contributed by atoms with Gasteiger partial charge in [0, 0.05) is 4.88 Å². The highest BCUT2D eigenvalue weighted by molar-refractivity contribution is 7.10. The van der Waals surface area contributed by atoms with Crippen molar-refractivity contribution in [2.75, 3.05) is 0 Å². The summed E-state index contributed by atoms with van der Waals surface area (Å²) in [5.74, 6) is 0.779. The lowest BCUT2D eigenvalue weighted by Crippen LogP contribution is -2.13. The average molecular weight is 257 g/mol. The third kappa shape index (κ3) is 2.11. The molecule has 1 aromatic heterocycles. The summed E-state index contributed by atoms with van der Waals surface area (Å²) >= 11 is 1.76. The van der Waals surface area contributed by atoms with E-state index in [1.54, 1.807) is 11.3 Å². The van der Waals surface area contributed by atoms with Gasteiger partial charge in [-0.15, -0.1) is 11.3 Å². The van der Waals surface area contributed by atoms with E-state index in [9.17, 15) is 0 Å². The van der Waals surface area contributed by atoms with E-state index in [2.05, 4.69) is 42.6 Å². The van der Waals surface area contributed by atoms with Crippen LogP contribution in [-0.4, -0.2) is 0 Å². The van der Waals surface area contributed by atoms with Crippen molar-refractivity contribution in [2.45, 2.75) is 38.1 Å². The zero-order chi connectivity index (χ0) is 12.5. The van der Waals surface area contributed by atoms with E-state index < -0.39 is 0 Å². The summed E-state index contributed by atoms with van der Waals surface area (Å²) in [6, 6.07) is 11.1. The van der Waals surface area contributed by atoms with Crippen molar-refractivity contribution in [3.8, 4) is 0 Å². The summed E-state index contributed by atoms with van der Waals surface area (Å²) in [6.07, 6.45) is 4.07. The summed E-state index contributed by atoms with van der Waals surface area (Å²) < 4.78 is 0. The van der Waals surface area contributed by atoms with Crippen molar-refractivity contribution in [1.82, 2.24) is 0 Å². The molecule has 0 bridgehead atoms. The molecule has 18 heavy (non-hydrogen) atoms. The molecule has 1 nitrogen and oxygen atoms in total. The van der Waals surface area contributed by atoms with Gasteiger partial charge in [-0.3, -0.25) is 0 Å². The first kappa shape index (κ1) is 11.9. The molecule has 1 aliphatic carbocycles. The molecule has 0 amide bonds. The van der Waals surface area contributed by atoms with Crippen LogP contribution in [0.4, 0.5) is 0 Å². The van der Waals surface area contributed by atoms with E-state index in [0.29, 0.717) is 0 Å². The number of hydrogen-bond donors (Lipinski definition) is 1. The van der Waals surface area contributed by atoms with Gasteiger partial charge in [-0.1, -0.05) is 30.7 Å².